The van der Waals surface area contributed by atoms with Crippen molar-refractivity contribution in [2.24, 2.45) is 10.9 Å². The van der Waals surface area contributed by atoms with E-state index in [0.717, 1.165) is 44.6 Å². The number of hydrogen-bond donors (Lipinski definition) is 2. The number of hydrogen-bond acceptors (Lipinski definition) is 3. The third kappa shape index (κ3) is 5.92. The Kier molecular flexibility index (Phi) is 6.33. The van der Waals surface area contributed by atoms with Gasteiger partial charge < -0.3 is 15.4 Å². The van der Waals surface area contributed by atoms with Crippen LogP contribution in [0.2, 0.25) is 0 Å². The zero-order valence-corrected chi connectivity index (χ0v) is 13.3. The second-order valence-corrected chi connectivity index (χ2v) is 6.61. The molecule has 1 aliphatic carbocycles. The number of guanidine groups is 1. The van der Waals surface area contributed by atoms with Gasteiger partial charge in [-0.1, -0.05) is 0 Å². The van der Waals surface area contributed by atoms with Gasteiger partial charge in [0.2, 0.25) is 0 Å². The average Bonchev–Trinajstić information content (AvgIpc) is 3.18. The highest BCUT2D eigenvalue weighted by molar-refractivity contribution is 7.11. The summed E-state index contributed by atoms with van der Waals surface area (Å²) >= 11 is 1.82. The molecule has 0 unspecified atom stereocenters. The normalized spacial score (nSPS) is 15.4. The molecule has 1 saturated carbocycles. The first-order valence-corrected chi connectivity index (χ1v) is 8.17. The van der Waals surface area contributed by atoms with E-state index in [-0.39, 0.29) is 0 Å². The van der Waals surface area contributed by atoms with Gasteiger partial charge in [0.05, 0.1) is 6.54 Å². The van der Waals surface area contributed by atoms with E-state index in [1.165, 1.54) is 22.6 Å². The minimum atomic E-state index is 0.830. The summed E-state index contributed by atoms with van der Waals surface area (Å²) in [6, 6.07) is 4.31. The zero-order valence-electron chi connectivity index (χ0n) is 12.4. The molecule has 1 fully saturated rings. The minimum Gasteiger partial charge on any atom is -0.381 e. The first kappa shape index (κ1) is 15.3. The molecule has 0 amide bonds. The molecule has 0 aromatic carbocycles. The van der Waals surface area contributed by atoms with E-state index in [4.69, 9.17) is 4.74 Å². The van der Waals surface area contributed by atoms with Gasteiger partial charge in [-0.2, -0.15) is 0 Å². The molecule has 0 saturated heterocycles. The number of ether oxygens (including phenoxy) is 1. The molecule has 2 N–H and O–H groups in total. The molecule has 5 heteroatoms. The van der Waals surface area contributed by atoms with Crippen molar-refractivity contribution in [1.82, 2.24) is 10.6 Å². The van der Waals surface area contributed by atoms with E-state index >= 15 is 0 Å². The summed E-state index contributed by atoms with van der Waals surface area (Å²) < 4.78 is 5.61. The third-order valence-electron chi connectivity index (χ3n) is 3.26. The number of aliphatic imine (C=N–C) groups is 1. The van der Waals surface area contributed by atoms with E-state index in [0.29, 0.717) is 0 Å². The van der Waals surface area contributed by atoms with Gasteiger partial charge in [0.1, 0.15) is 0 Å². The van der Waals surface area contributed by atoms with Crippen LogP contribution in [0.1, 0.15) is 29.0 Å². The quantitative estimate of drug-likeness (QED) is 0.440. The molecular formula is C15H25N3OS. The van der Waals surface area contributed by atoms with Crippen molar-refractivity contribution >= 4 is 17.3 Å². The van der Waals surface area contributed by atoms with E-state index in [2.05, 4.69) is 34.7 Å². The number of nitrogens with one attached hydrogen (secondary N) is 2. The molecule has 0 bridgehead atoms. The molecule has 2 rings (SSSR count). The minimum absolute atomic E-state index is 0.830. The van der Waals surface area contributed by atoms with Crippen molar-refractivity contribution in [3.63, 3.8) is 0 Å². The molecule has 1 heterocycles. The van der Waals surface area contributed by atoms with Crippen LogP contribution in [0, 0.1) is 12.8 Å². The fourth-order valence-corrected chi connectivity index (χ4v) is 2.72. The standard InChI is InChI=1S/C15H25N3OS/c1-12-4-7-14(20-12)10-18-15(16-2)17-8-3-9-19-11-13-5-6-13/h4,7,13H,3,5-6,8-11H2,1-2H3,(H2,16,17,18). The Morgan fingerprint density at radius 2 is 2.25 bits per heavy atom. The van der Waals surface area contributed by atoms with Crippen LogP contribution in [-0.2, 0) is 11.3 Å². The average molecular weight is 295 g/mol. The topological polar surface area (TPSA) is 45.7 Å². The smallest absolute Gasteiger partial charge is 0.191 e. The molecular weight excluding hydrogens is 270 g/mol. The maximum absolute atomic E-state index is 5.61. The second kappa shape index (κ2) is 8.27. The lowest BCUT2D eigenvalue weighted by molar-refractivity contribution is 0.123. The summed E-state index contributed by atoms with van der Waals surface area (Å²) in [6.45, 7) is 5.64. The van der Waals surface area contributed by atoms with Gasteiger partial charge in [0.15, 0.2) is 5.96 Å². The Hall–Kier alpha value is -1.07. The van der Waals surface area contributed by atoms with Gasteiger partial charge >= 0.3 is 0 Å². The monoisotopic (exact) mass is 295 g/mol. The molecule has 4 nitrogen and oxygen atoms in total. The zero-order chi connectivity index (χ0) is 14.2. The number of rotatable bonds is 8. The van der Waals surface area contributed by atoms with Crippen molar-refractivity contribution in [3.05, 3.63) is 21.9 Å². The van der Waals surface area contributed by atoms with Crippen LogP contribution in [0.4, 0.5) is 0 Å². The van der Waals surface area contributed by atoms with E-state index in [1.807, 2.05) is 11.3 Å². The Labute approximate surface area is 125 Å². The first-order chi connectivity index (χ1) is 9.78. The fraction of sp³-hybridized carbons (Fsp3) is 0.667. The fourth-order valence-electron chi connectivity index (χ4n) is 1.89. The van der Waals surface area contributed by atoms with Crippen molar-refractivity contribution in [2.75, 3.05) is 26.8 Å². The summed E-state index contributed by atoms with van der Waals surface area (Å²) in [6.07, 6.45) is 3.74. The molecule has 20 heavy (non-hydrogen) atoms. The van der Waals surface area contributed by atoms with Gasteiger partial charge in [0, 0.05) is 36.6 Å². The Bertz CT molecular complexity index is 427. The van der Waals surface area contributed by atoms with Crippen molar-refractivity contribution in [1.29, 1.82) is 0 Å². The van der Waals surface area contributed by atoms with Crippen molar-refractivity contribution in [3.8, 4) is 0 Å². The second-order valence-electron chi connectivity index (χ2n) is 5.24. The van der Waals surface area contributed by atoms with Gasteiger partial charge in [0.25, 0.3) is 0 Å². The maximum Gasteiger partial charge on any atom is 0.191 e. The Morgan fingerprint density at radius 3 is 2.90 bits per heavy atom. The van der Waals surface area contributed by atoms with Gasteiger partial charge in [-0.05, 0) is 44.2 Å². The predicted octanol–water partition coefficient (Wildman–Crippen LogP) is 2.54. The molecule has 1 aromatic rings. The molecule has 0 aliphatic heterocycles. The van der Waals surface area contributed by atoms with Crippen LogP contribution in [0.25, 0.3) is 0 Å². The molecule has 112 valence electrons. The Morgan fingerprint density at radius 1 is 1.40 bits per heavy atom. The van der Waals surface area contributed by atoms with Crippen LogP contribution in [-0.4, -0.2) is 32.8 Å². The highest BCUT2D eigenvalue weighted by Crippen LogP contribution is 2.28. The lowest BCUT2D eigenvalue weighted by Crippen LogP contribution is -2.37. The number of aryl methyl sites for hydroxylation is 1. The molecule has 0 radical (unpaired) electrons. The van der Waals surface area contributed by atoms with Crippen molar-refractivity contribution in [2.45, 2.75) is 32.7 Å². The molecule has 1 aromatic heterocycles. The number of nitrogens with zero attached hydrogens (tertiary/aromatic N) is 1. The van der Waals surface area contributed by atoms with Crippen LogP contribution >= 0.6 is 11.3 Å². The first-order valence-electron chi connectivity index (χ1n) is 7.35. The summed E-state index contributed by atoms with van der Waals surface area (Å²) in [5.74, 6) is 1.71. The lowest BCUT2D eigenvalue weighted by Gasteiger charge is -2.11. The SMILES string of the molecule is CN=C(NCCCOCC1CC1)NCc1ccc(C)s1. The summed E-state index contributed by atoms with van der Waals surface area (Å²) in [5, 5.41) is 6.64. The van der Waals surface area contributed by atoms with Crippen LogP contribution in [0.3, 0.4) is 0 Å². The summed E-state index contributed by atoms with van der Waals surface area (Å²) in [5.41, 5.74) is 0. The van der Waals surface area contributed by atoms with E-state index < -0.39 is 0 Å². The van der Waals surface area contributed by atoms with E-state index in [9.17, 15) is 0 Å². The summed E-state index contributed by atoms with van der Waals surface area (Å²) in [7, 11) is 1.80. The van der Waals surface area contributed by atoms with Gasteiger partial charge in [-0.3, -0.25) is 4.99 Å². The predicted molar refractivity (Wildman–Crippen MR) is 85.4 cm³/mol. The largest absolute Gasteiger partial charge is 0.381 e. The number of thiophene rings is 1. The van der Waals surface area contributed by atoms with Gasteiger partial charge in [-0.15, -0.1) is 11.3 Å². The highest BCUT2D eigenvalue weighted by Gasteiger charge is 2.20. The molecule has 0 atom stereocenters. The van der Waals surface area contributed by atoms with Crippen LogP contribution in [0.5, 0.6) is 0 Å². The maximum atomic E-state index is 5.61. The molecule has 0 spiro atoms. The van der Waals surface area contributed by atoms with E-state index in [1.54, 1.807) is 7.05 Å². The summed E-state index contributed by atoms with van der Waals surface area (Å²) in [4.78, 5) is 6.90. The third-order valence-corrected chi connectivity index (χ3v) is 4.26. The lowest BCUT2D eigenvalue weighted by atomic mass is 10.4. The van der Waals surface area contributed by atoms with Gasteiger partial charge in [-0.25, -0.2) is 0 Å². The van der Waals surface area contributed by atoms with Crippen LogP contribution < -0.4 is 10.6 Å². The van der Waals surface area contributed by atoms with Crippen LogP contribution in [0.15, 0.2) is 17.1 Å². The Balaban J connectivity index is 1.52. The van der Waals surface area contributed by atoms with Crippen molar-refractivity contribution < 1.29 is 4.74 Å². The molecule has 1 aliphatic rings. The highest BCUT2D eigenvalue weighted by atomic mass is 32.1.